The molecule has 1 fully saturated rings. The first-order chi connectivity index (χ1) is 13.1. The first kappa shape index (κ1) is 18.4. The first-order valence-electron chi connectivity index (χ1n) is 8.64. The van der Waals surface area contributed by atoms with Crippen LogP contribution in [0.2, 0.25) is 0 Å². The van der Waals surface area contributed by atoms with E-state index in [-0.39, 0.29) is 6.04 Å². The predicted octanol–water partition coefficient (Wildman–Crippen LogP) is 2.41. The smallest absolute Gasteiger partial charge is 0.338 e. The Morgan fingerprint density at radius 2 is 1.67 bits per heavy atom. The van der Waals surface area contributed by atoms with Crippen LogP contribution < -0.4 is 15.4 Å². The molecular weight excluding hydrogens is 348 g/mol. The second-order valence-electron chi connectivity index (χ2n) is 6.17. The lowest BCUT2D eigenvalue weighted by Crippen LogP contribution is -2.42. The van der Waals surface area contributed by atoms with E-state index < -0.39 is 24.5 Å². The van der Waals surface area contributed by atoms with Gasteiger partial charge in [0.1, 0.15) is 12.4 Å². The summed E-state index contributed by atoms with van der Waals surface area (Å²) in [5.74, 6) is -0.546. The highest BCUT2D eigenvalue weighted by molar-refractivity contribution is 5.97. The van der Waals surface area contributed by atoms with Crippen molar-refractivity contribution in [2.75, 3.05) is 6.61 Å². The standard InChI is InChI=1S/C20H20N2O5/c23-18(22-20(25)21-16-10-11-16)13-27-19(24)15-8-6-14(7-9-15)12-26-17-4-2-1-3-5-17/h1-9,16H,10-13H2,(H2,21,22,23,25). The molecular formula is C20H20N2O5. The van der Waals surface area contributed by atoms with Crippen LogP contribution in [-0.4, -0.2) is 30.6 Å². The number of rotatable bonds is 7. The first-order valence-corrected chi connectivity index (χ1v) is 8.64. The van der Waals surface area contributed by atoms with Crippen LogP contribution >= 0.6 is 0 Å². The van der Waals surface area contributed by atoms with Gasteiger partial charge in [0.2, 0.25) is 0 Å². The Hall–Kier alpha value is -3.35. The van der Waals surface area contributed by atoms with E-state index in [1.807, 2.05) is 30.3 Å². The number of urea groups is 1. The molecule has 0 heterocycles. The number of imide groups is 1. The Kier molecular flexibility index (Phi) is 6.04. The summed E-state index contributed by atoms with van der Waals surface area (Å²) in [4.78, 5) is 35.0. The molecule has 2 N–H and O–H groups in total. The minimum absolute atomic E-state index is 0.143. The summed E-state index contributed by atoms with van der Waals surface area (Å²) in [7, 11) is 0. The molecule has 0 unspecified atom stereocenters. The lowest BCUT2D eigenvalue weighted by molar-refractivity contribution is -0.123. The molecule has 0 aromatic heterocycles. The van der Waals surface area contributed by atoms with Crippen LogP contribution in [0.15, 0.2) is 54.6 Å². The molecule has 1 aliphatic rings. The molecule has 27 heavy (non-hydrogen) atoms. The van der Waals surface area contributed by atoms with Crippen molar-refractivity contribution in [2.24, 2.45) is 0 Å². The Balaban J connectivity index is 1.41. The Morgan fingerprint density at radius 1 is 0.963 bits per heavy atom. The third-order valence-corrected chi connectivity index (χ3v) is 3.84. The number of benzene rings is 2. The van der Waals surface area contributed by atoms with Gasteiger partial charge in [0.15, 0.2) is 6.61 Å². The predicted molar refractivity (Wildman–Crippen MR) is 97.2 cm³/mol. The fraction of sp³-hybridized carbons (Fsp3) is 0.250. The molecule has 140 valence electrons. The van der Waals surface area contributed by atoms with E-state index in [9.17, 15) is 14.4 Å². The maximum Gasteiger partial charge on any atom is 0.338 e. The van der Waals surface area contributed by atoms with Crippen molar-refractivity contribution in [3.8, 4) is 5.75 Å². The molecule has 1 aliphatic carbocycles. The summed E-state index contributed by atoms with van der Waals surface area (Å²) in [6.45, 7) is -0.145. The summed E-state index contributed by atoms with van der Waals surface area (Å²) in [5, 5.41) is 4.73. The molecule has 7 nitrogen and oxygen atoms in total. The number of hydrogen-bond acceptors (Lipinski definition) is 5. The number of carbonyl (C=O) groups is 3. The molecule has 0 radical (unpaired) electrons. The molecule has 0 atom stereocenters. The molecule has 2 aromatic carbocycles. The van der Waals surface area contributed by atoms with E-state index in [0.717, 1.165) is 24.2 Å². The third kappa shape index (κ3) is 6.14. The monoisotopic (exact) mass is 368 g/mol. The Morgan fingerprint density at radius 3 is 2.33 bits per heavy atom. The largest absolute Gasteiger partial charge is 0.489 e. The van der Waals surface area contributed by atoms with Crippen LogP contribution in [0, 0.1) is 0 Å². The van der Waals surface area contributed by atoms with Gasteiger partial charge in [-0.3, -0.25) is 10.1 Å². The van der Waals surface area contributed by atoms with Crippen LogP contribution in [0.4, 0.5) is 4.79 Å². The second-order valence-corrected chi connectivity index (χ2v) is 6.17. The van der Waals surface area contributed by atoms with E-state index in [1.54, 1.807) is 24.3 Å². The van der Waals surface area contributed by atoms with Gasteiger partial charge in [0.25, 0.3) is 5.91 Å². The van der Waals surface area contributed by atoms with Crippen LogP contribution in [0.25, 0.3) is 0 Å². The van der Waals surface area contributed by atoms with Gasteiger partial charge >= 0.3 is 12.0 Å². The summed E-state index contributed by atoms with van der Waals surface area (Å²) in [5.41, 5.74) is 1.21. The number of carbonyl (C=O) groups excluding carboxylic acids is 3. The van der Waals surface area contributed by atoms with Gasteiger partial charge in [-0.1, -0.05) is 30.3 Å². The van der Waals surface area contributed by atoms with E-state index in [0.29, 0.717) is 12.2 Å². The fourth-order valence-corrected chi connectivity index (χ4v) is 2.25. The molecule has 3 rings (SSSR count). The van der Waals surface area contributed by atoms with Gasteiger partial charge < -0.3 is 14.8 Å². The average Bonchev–Trinajstić information content (AvgIpc) is 3.49. The number of nitrogens with one attached hydrogen (secondary N) is 2. The van der Waals surface area contributed by atoms with Crippen molar-refractivity contribution in [2.45, 2.75) is 25.5 Å². The molecule has 1 saturated carbocycles. The van der Waals surface area contributed by atoms with E-state index in [1.165, 1.54) is 0 Å². The number of amides is 3. The van der Waals surface area contributed by atoms with Crippen LogP contribution in [0.1, 0.15) is 28.8 Å². The zero-order valence-corrected chi connectivity index (χ0v) is 14.6. The highest BCUT2D eigenvalue weighted by Gasteiger charge is 2.24. The van der Waals surface area contributed by atoms with Crippen molar-refractivity contribution in [1.82, 2.24) is 10.6 Å². The number of para-hydroxylation sites is 1. The highest BCUT2D eigenvalue weighted by atomic mass is 16.5. The molecule has 0 spiro atoms. The van der Waals surface area contributed by atoms with Crippen LogP contribution in [0.5, 0.6) is 5.75 Å². The topological polar surface area (TPSA) is 93.7 Å². The normalized spacial score (nSPS) is 12.7. The third-order valence-electron chi connectivity index (χ3n) is 3.84. The highest BCUT2D eigenvalue weighted by Crippen LogP contribution is 2.18. The SMILES string of the molecule is O=C(COC(=O)c1ccc(COc2ccccc2)cc1)NC(=O)NC1CC1. The average molecular weight is 368 g/mol. The van der Waals surface area contributed by atoms with Crippen molar-refractivity contribution < 1.29 is 23.9 Å². The van der Waals surface area contributed by atoms with Gasteiger partial charge in [-0.15, -0.1) is 0 Å². The molecule has 3 amide bonds. The van der Waals surface area contributed by atoms with Gasteiger partial charge in [0, 0.05) is 6.04 Å². The minimum atomic E-state index is -0.672. The van der Waals surface area contributed by atoms with Crippen LogP contribution in [-0.2, 0) is 16.1 Å². The number of ether oxygens (including phenoxy) is 2. The minimum Gasteiger partial charge on any atom is -0.489 e. The van der Waals surface area contributed by atoms with Crippen molar-refractivity contribution in [3.05, 3.63) is 65.7 Å². The van der Waals surface area contributed by atoms with Gasteiger partial charge in [-0.25, -0.2) is 9.59 Å². The molecule has 0 bridgehead atoms. The molecule has 7 heteroatoms. The Labute approximate surface area is 156 Å². The van der Waals surface area contributed by atoms with Gasteiger partial charge in [0.05, 0.1) is 5.56 Å². The lowest BCUT2D eigenvalue weighted by Gasteiger charge is -2.08. The van der Waals surface area contributed by atoms with Crippen LogP contribution in [0.3, 0.4) is 0 Å². The quantitative estimate of drug-likeness (QED) is 0.732. The zero-order chi connectivity index (χ0) is 19.1. The fourth-order valence-electron chi connectivity index (χ4n) is 2.25. The summed E-state index contributed by atoms with van der Waals surface area (Å²) < 4.78 is 10.6. The maximum atomic E-state index is 12.0. The van der Waals surface area contributed by atoms with Gasteiger partial charge in [-0.05, 0) is 42.7 Å². The van der Waals surface area contributed by atoms with Crippen molar-refractivity contribution in [1.29, 1.82) is 0 Å². The summed E-state index contributed by atoms with van der Waals surface area (Å²) >= 11 is 0. The number of esters is 1. The van der Waals surface area contributed by atoms with Crippen molar-refractivity contribution in [3.63, 3.8) is 0 Å². The number of hydrogen-bond donors (Lipinski definition) is 2. The van der Waals surface area contributed by atoms with E-state index in [2.05, 4.69) is 10.6 Å². The molecule has 0 saturated heterocycles. The maximum absolute atomic E-state index is 12.0. The van der Waals surface area contributed by atoms with Crippen molar-refractivity contribution >= 4 is 17.9 Å². The van der Waals surface area contributed by atoms with E-state index >= 15 is 0 Å². The summed E-state index contributed by atoms with van der Waals surface area (Å²) in [6, 6.07) is 15.7. The molecule has 0 aliphatic heterocycles. The Bertz CT molecular complexity index is 801. The zero-order valence-electron chi connectivity index (χ0n) is 14.6. The van der Waals surface area contributed by atoms with E-state index in [4.69, 9.17) is 9.47 Å². The van der Waals surface area contributed by atoms with Gasteiger partial charge in [-0.2, -0.15) is 0 Å². The lowest BCUT2D eigenvalue weighted by atomic mass is 10.1. The molecule has 2 aromatic rings. The summed E-state index contributed by atoms with van der Waals surface area (Å²) in [6.07, 6.45) is 1.84. The second kappa shape index (κ2) is 8.84.